The number of carbonyl (C=O) groups excluding carboxylic acids is 2. The van der Waals surface area contributed by atoms with Crippen molar-refractivity contribution in [3.05, 3.63) is 59.9 Å². The third kappa shape index (κ3) is 3.41. The van der Waals surface area contributed by atoms with E-state index in [9.17, 15) is 18.4 Å². The van der Waals surface area contributed by atoms with Crippen LogP contribution >= 0.6 is 0 Å². The first kappa shape index (κ1) is 17.6. The fourth-order valence-corrected chi connectivity index (χ4v) is 3.90. The molecule has 2 aromatic rings. The maximum Gasteiger partial charge on any atom is 0.228 e. The van der Waals surface area contributed by atoms with Crippen molar-refractivity contribution in [2.45, 2.75) is 18.8 Å². The number of aromatic nitrogens is 1. The summed E-state index contributed by atoms with van der Waals surface area (Å²) in [5.74, 6) is -2.44. The van der Waals surface area contributed by atoms with E-state index in [0.717, 1.165) is 24.1 Å². The molecule has 2 atom stereocenters. The first-order valence-corrected chi connectivity index (χ1v) is 8.97. The normalized spacial score (nSPS) is 22.5. The van der Waals surface area contributed by atoms with Crippen LogP contribution in [-0.2, 0) is 9.59 Å². The first-order valence-electron chi connectivity index (χ1n) is 8.97. The molecule has 5 nitrogen and oxygen atoms in total. The molecule has 2 saturated heterocycles. The molecule has 2 amide bonds. The van der Waals surface area contributed by atoms with E-state index >= 15 is 0 Å². The maximum absolute atomic E-state index is 13.5. The highest BCUT2D eigenvalue weighted by Gasteiger charge is 2.39. The molecule has 3 heterocycles. The van der Waals surface area contributed by atoms with Gasteiger partial charge in [-0.05, 0) is 36.2 Å². The number of rotatable bonds is 3. The Bertz CT molecular complexity index is 875. The Balaban J connectivity index is 1.43. The van der Waals surface area contributed by atoms with Crippen molar-refractivity contribution in [1.82, 2.24) is 9.88 Å². The molecule has 0 radical (unpaired) electrons. The number of pyridine rings is 1. The van der Waals surface area contributed by atoms with Gasteiger partial charge in [0.2, 0.25) is 11.8 Å². The highest BCUT2D eigenvalue weighted by atomic mass is 19.2. The third-order valence-electron chi connectivity index (χ3n) is 5.37. The number of anilines is 1. The van der Waals surface area contributed by atoms with Gasteiger partial charge in [0.05, 0.1) is 5.92 Å². The minimum atomic E-state index is -1.00. The van der Waals surface area contributed by atoms with Crippen molar-refractivity contribution in [3.63, 3.8) is 0 Å². The zero-order valence-corrected chi connectivity index (χ0v) is 14.6. The average molecular weight is 371 g/mol. The summed E-state index contributed by atoms with van der Waals surface area (Å²) in [5.41, 5.74) is 1.44. The van der Waals surface area contributed by atoms with Crippen molar-refractivity contribution in [1.29, 1.82) is 0 Å². The summed E-state index contributed by atoms with van der Waals surface area (Å²) < 4.78 is 26.6. The topological polar surface area (TPSA) is 53.5 Å². The average Bonchev–Trinajstić information content (AvgIpc) is 3.31. The molecule has 0 aliphatic carbocycles. The van der Waals surface area contributed by atoms with Gasteiger partial charge in [-0.1, -0.05) is 0 Å². The van der Waals surface area contributed by atoms with Crippen molar-refractivity contribution in [3.8, 4) is 0 Å². The molecule has 2 aliphatic heterocycles. The van der Waals surface area contributed by atoms with Gasteiger partial charge in [-0.15, -0.1) is 0 Å². The predicted molar refractivity (Wildman–Crippen MR) is 95.0 cm³/mol. The molecule has 140 valence electrons. The summed E-state index contributed by atoms with van der Waals surface area (Å²) in [6.07, 6.45) is 4.46. The van der Waals surface area contributed by atoms with Crippen molar-refractivity contribution >= 4 is 17.5 Å². The Morgan fingerprint density at radius 1 is 1.07 bits per heavy atom. The molecule has 0 bridgehead atoms. The Kier molecular flexibility index (Phi) is 4.59. The van der Waals surface area contributed by atoms with Crippen molar-refractivity contribution in [2.24, 2.45) is 5.92 Å². The lowest BCUT2D eigenvalue weighted by atomic mass is 10.00. The quantitative estimate of drug-likeness (QED) is 0.834. The fourth-order valence-electron chi connectivity index (χ4n) is 3.90. The van der Waals surface area contributed by atoms with Gasteiger partial charge in [-0.25, -0.2) is 8.78 Å². The molecule has 0 spiro atoms. The summed E-state index contributed by atoms with van der Waals surface area (Å²) in [4.78, 5) is 32.4. The number of likely N-dealkylation sites (tertiary alicyclic amines) is 1. The highest BCUT2D eigenvalue weighted by Crippen LogP contribution is 2.31. The lowest BCUT2D eigenvalue weighted by molar-refractivity contribution is -0.134. The molecule has 0 saturated carbocycles. The Labute approximate surface area is 155 Å². The van der Waals surface area contributed by atoms with Gasteiger partial charge in [0.25, 0.3) is 0 Å². The molecule has 7 heteroatoms. The summed E-state index contributed by atoms with van der Waals surface area (Å²) in [5, 5.41) is 0. The van der Waals surface area contributed by atoms with Crippen LogP contribution in [0.2, 0.25) is 0 Å². The van der Waals surface area contributed by atoms with Crippen molar-refractivity contribution in [2.75, 3.05) is 24.5 Å². The van der Waals surface area contributed by atoms with E-state index in [1.165, 1.54) is 11.0 Å². The van der Waals surface area contributed by atoms with Crippen LogP contribution in [-0.4, -0.2) is 41.3 Å². The van der Waals surface area contributed by atoms with Crippen LogP contribution in [0.5, 0.6) is 0 Å². The number of amides is 2. The molecule has 1 aromatic heterocycles. The number of nitrogens with zero attached hydrogens (tertiary/aromatic N) is 3. The van der Waals surface area contributed by atoms with Crippen LogP contribution in [0, 0.1) is 17.6 Å². The summed E-state index contributed by atoms with van der Waals surface area (Å²) >= 11 is 0. The van der Waals surface area contributed by atoms with Crippen LogP contribution in [0.15, 0.2) is 42.7 Å². The lowest BCUT2D eigenvalue weighted by Crippen LogP contribution is -2.35. The summed E-state index contributed by atoms with van der Waals surface area (Å²) in [6, 6.07) is 7.27. The zero-order chi connectivity index (χ0) is 19.0. The van der Waals surface area contributed by atoms with E-state index < -0.39 is 17.6 Å². The molecule has 4 rings (SSSR count). The Morgan fingerprint density at radius 3 is 2.59 bits per heavy atom. The number of benzene rings is 1. The minimum Gasteiger partial charge on any atom is -0.342 e. The third-order valence-corrected chi connectivity index (χ3v) is 5.37. The van der Waals surface area contributed by atoms with Gasteiger partial charge in [-0.2, -0.15) is 0 Å². The van der Waals surface area contributed by atoms with E-state index in [2.05, 4.69) is 4.98 Å². The number of hydrogen-bond donors (Lipinski definition) is 0. The van der Waals surface area contributed by atoms with E-state index in [0.29, 0.717) is 13.1 Å². The Morgan fingerprint density at radius 2 is 1.85 bits per heavy atom. The molecule has 2 aliphatic rings. The molecule has 0 N–H and O–H groups in total. The van der Waals surface area contributed by atoms with Gasteiger partial charge in [0.15, 0.2) is 11.6 Å². The second-order valence-corrected chi connectivity index (χ2v) is 7.05. The fraction of sp³-hybridized carbons (Fsp3) is 0.350. The molecule has 2 fully saturated rings. The summed E-state index contributed by atoms with van der Waals surface area (Å²) in [7, 11) is 0. The van der Waals surface area contributed by atoms with E-state index in [1.807, 2.05) is 12.1 Å². The van der Waals surface area contributed by atoms with Crippen LogP contribution in [0.4, 0.5) is 14.5 Å². The monoisotopic (exact) mass is 371 g/mol. The molecule has 27 heavy (non-hydrogen) atoms. The van der Waals surface area contributed by atoms with E-state index in [4.69, 9.17) is 0 Å². The Hall–Kier alpha value is -2.83. The predicted octanol–water partition coefficient (Wildman–Crippen LogP) is 2.73. The second kappa shape index (κ2) is 7.06. The van der Waals surface area contributed by atoms with Crippen LogP contribution in [0.1, 0.15) is 24.3 Å². The molecule has 2 unspecified atom stereocenters. The van der Waals surface area contributed by atoms with Gasteiger partial charge < -0.3 is 9.80 Å². The molecular formula is C20H19F2N3O2. The standard InChI is InChI=1S/C20H19F2N3O2/c21-17-2-1-16(10-18(17)22)25-12-15(9-19(25)26)20(27)24-8-5-14(11-24)13-3-6-23-7-4-13/h1-4,6-7,10,14-15H,5,8-9,11-12H2. The van der Waals surface area contributed by atoms with Crippen LogP contribution in [0.25, 0.3) is 0 Å². The minimum absolute atomic E-state index is 0.0509. The second-order valence-electron chi connectivity index (χ2n) is 7.05. The van der Waals surface area contributed by atoms with E-state index in [1.54, 1.807) is 17.3 Å². The van der Waals surface area contributed by atoms with Gasteiger partial charge in [-0.3, -0.25) is 14.6 Å². The number of halogens is 2. The zero-order valence-electron chi connectivity index (χ0n) is 14.6. The van der Waals surface area contributed by atoms with Crippen LogP contribution < -0.4 is 4.90 Å². The van der Waals surface area contributed by atoms with Gasteiger partial charge >= 0.3 is 0 Å². The van der Waals surface area contributed by atoms with Gasteiger partial charge in [0.1, 0.15) is 0 Å². The largest absolute Gasteiger partial charge is 0.342 e. The lowest BCUT2D eigenvalue weighted by Gasteiger charge is -2.21. The molecule has 1 aromatic carbocycles. The number of carbonyl (C=O) groups is 2. The first-order chi connectivity index (χ1) is 13.0. The highest BCUT2D eigenvalue weighted by molar-refractivity contribution is 6.00. The SMILES string of the molecule is O=C(C1CC(=O)N(c2ccc(F)c(F)c2)C1)N1CCC(c2ccncc2)C1. The summed E-state index contributed by atoms with van der Waals surface area (Å²) in [6.45, 7) is 1.47. The number of hydrogen-bond acceptors (Lipinski definition) is 3. The van der Waals surface area contributed by atoms with Crippen LogP contribution in [0.3, 0.4) is 0 Å². The smallest absolute Gasteiger partial charge is 0.228 e. The van der Waals surface area contributed by atoms with E-state index in [-0.39, 0.29) is 36.4 Å². The maximum atomic E-state index is 13.5. The molecular weight excluding hydrogens is 352 g/mol. The van der Waals surface area contributed by atoms with Crippen molar-refractivity contribution < 1.29 is 18.4 Å². The van der Waals surface area contributed by atoms with Gasteiger partial charge in [0, 0.05) is 56.1 Å².